The Balaban J connectivity index is 2.43. The average molecular weight is 181 g/mol. The summed E-state index contributed by atoms with van der Waals surface area (Å²) in [5, 5.41) is 4.14. The van der Waals surface area contributed by atoms with E-state index in [-0.39, 0.29) is 0 Å². The fraction of sp³-hybridized carbons (Fsp3) is 0.700. The third-order valence-corrected chi connectivity index (χ3v) is 2.64. The minimum Gasteiger partial charge on any atom is -0.382 e. The van der Waals surface area contributed by atoms with Crippen LogP contribution in [0, 0.1) is 5.41 Å². The number of nitrogens with two attached hydrogens (primary N) is 1. The van der Waals surface area contributed by atoms with Crippen LogP contribution in [0.4, 0.5) is 5.82 Å². The number of anilines is 1. The molecular formula is C10H19N3. The summed E-state index contributed by atoms with van der Waals surface area (Å²) < 4.78 is 1.91. The molecular weight excluding hydrogens is 162 g/mol. The zero-order chi connectivity index (χ0) is 9.90. The highest BCUT2D eigenvalue weighted by Crippen LogP contribution is 2.24. The van der Waals surface area contributed by atoms with Crippen molar-refractivity contribution in [1.82, 2.24) is 9.78 Å². The van der Waals surface area contributed by atoms with Crippen molar-refractivity contribution < 1.29 is 0 Å². The van der Waals surface area contributed by atoms with Gasteiger partial charge in [0.1, 0.15) is 5.82 Å². The normalized spacial score (nSPS) is 11.9. The molecule has 0 saturated heterocycles. The molecule has 1 aromatic rings. The van der Waals surface area contributed by atoms with Crippen molar-refractivity contribution in [3.05, 3.63) is 12.3 Å². The summed E-state index contributed by atoms with van der Waals surface area (Å²) in [5.41, 5.74) is 5.92. The second kappa shape index (κ2) is 3.81. The van der Waals surface area contributed by atoms with Gasteiger partial charge in [0.05, 0.1) is 0 Å². The zero-order valence-corrected chi connectivity index (χ0v) is 8.75. The van der Waals surface area contributed by atoms with Crippen molar-refractivity contribution in [2.24, 2.45) is 5.41 Å². The van der Waals surface area contributed by atoms with Crippen LogP contribution in [0.5, 0.6) is 0 Å². The molecule has 3 heteroatoms. The topological polar surface area (TPSA) is 43.8 Å². The van der Waals surface area contributed by atoms with Gasteiger partial charge in [-0.1, -0.05) is 27.2 Å². The van der Waals surface area contributed by atoms with Crippen LogP contribution < -0.4 is 5.73 Å². The Bertz CT molecular complexity index is 263. The summed E-state index contributed by atoms with van der Waals surface area (Å²) in [6.45, 7) is 7.73. The van der Waals surface area contributed by atoms with Gasteiger partial charge >= 0.3 is 0 Å². The highest BCUT2D eigenvalue weighted by molar-refractivity contribution is 5.23. The summed E-state index contributed by atoms with van der Waals surface area (Å²) in [7, 11) is 0. The molecule has 0 unspecified atom stereocenters. The predicted molar refractivity (Wildman–Crippen MR) is 55.3 cm³/mol. The lowest BCUT2D eigenvalue weighted by atomic mass is 9.87. The fourth-order valence-corrected chi connectivity index (χ4v) is 1.10. The minimum absolute atomic E-state index is 0.403. The van der Waals surface area contributed by atoms with E-state index in [2.05, 4.69) is 25.9 Å². The number of rotatable bonds is 4. The molecule has 0 spiro atoms. The van der Waals surface area contributed by atoms with Gasteiger partial charge in [-0.05, 0) is 17.9 Å². The first-order chi connectivity index (χ1) is 6.03. The predicted octanol–water partition coefficient (Wildman–Crippen LogP) is 2.29. The number of nitrogen functional groups attached to an aromatic ring is 1. The maximum atomic E-state index is 5.52. The Morgan fingerprint density at radius 2 is 2.23 bits per heavy atom. The van der Waals surface area contributed by atoms with E-state index >= 15 is 0 Å². The van der Waals surface area contributed by atoms with Gasteiger partial charge in [0.15, 0.2) is 0 Å². The van der Waals surface area contributed by atoms with Gasteiger partial charge in [-0.25, -0.2) is 0 Å². The molecule has 3 nitrogen and oxygen atoms in total. The van der Waals surface area contributed by atoms with Gasteiger partial charge in [0.2, 0.25) is 0 Å². The largest absolute Gasteiger partial charge is 0.382 e. The molecule has 0 aliphatic carbocycles. The molecule has 0 bridgehead atoms. The average Bonchev–Trinajstić information content (AvgIpc) is 2.48. The molecule has 2 N–H and O–H groups in total. The van der Waals surface area contributed by atoms with Gasteiger partial charge in [0, 0.05) is 12.7 Å². The molecule has 1 heterocycles. The maximum Gasteiger partial charge on any atom is 0.145 e. The van der Waals surface area contributed by atoms with Crippen molar-refractivity contribution in [3.63, 3.8) is 0 Å². The third-order valence-electron chi connectivity index (χ3n) is 2.64. The standard InChI is InChI=1S/C10H19N3/c1-4-10(2,3)6-8-13-7-5-9(11)12-13/h5,7H,4,6,8H2,1-3H3,(H2,11,12). The first kappa shape index (κ1) is 10.1. The molecule has 0 amide bonds. The monoisotopic (exact) mass is 181 g/mol. The molecule has 74 valence electrons. The Morgan fingerprint density at radius 3 is 2.69 bits per heavy atom. The Kier molecular flexibility index (Phi) is 2.96. The van der Waals surface area contributed by atoms with E-state index in [1.54, 1.807) is 0 Å². The smallest absolute Gasteiger partial charge is 0.145 e. The van der Waals surface area contributed by atoms with Crippen molar-refractivity contribution in [2.75, 3.05) is 5.73 Å². The van der Waals surface area contributed by atoms with Crippen LogP contribution in [0.2, 0.25) is 0 Å². The Hall–Kier alpha value is -0.990. The molecule has 0 aliphatic heterocycles. The maximum absolute atomic E-state index is 5.52. The fourth-order valence-electron chi connectivity index (χ4n) is 1.10. The lowest BCUT2D eigenvalue weighted by Crippen LogP contribution is -2.13. The number of aromatic nitrogens is 2. The molecule has 1 rings (SSSR count). The highest BCUT2D eigenvalue weighted by Gasteiger charge is 2.14. The van der Waals surface area contributed by atoms with Crippen LogP contribution >= 0.6 is 0 Å². The van der Waals surface area contributed by atoms with E-state index in [1.165, 1.54) is 6.42 Å². The number of hydrogen-bond acceptors (Lipinski definition) is 2. The molecule has 1 aromatic heterocycles. The molecule has 0 saturated carbocycles. The minimum atomic E-state index is 0.403. The molecule has 13 heavy (non-hydrogen) atoms. The number of nitrogens with zero attached hydrogens (tertiary/aromatic N) is 2. The van der Waals surface area contributed by atoms with Crippen LogP contribution in [0.25, 0.3) is 0 Å². The lowest BCUT2D eigenvalue weighted by molar-refractivity contribution is 0.295. The molecule has 0 aliphatic rings. The third kappa shape index (κ3) is 3.09. The molecule has 0 atom stereocenters. The summed E-state index contributed by atoms with van der Waals surface area (Å²) in [6.07, 6.45) is 4.27. The lowest BCUT2D eigenvalue weighted by Gasteiger charge is -2.21. The van der Waals surface area contributed by atoms with Crippen molar-refractivity contribution in [2.45, 2.75) is 40.2 Å². The highest BCUT2D eigenvalue weighted by atomic mass is 15.3. The van der Waals surface area contributed by atoms with E-state index in [0.29, 0.717) is 11.2 Å². The first-order valence-corrected chi connectivity index (χ1v) is 4.82. The molecule has 0 fully saturated rings. The Morgan fingerprint density at radius 1 is 1.54 bits per heavy atom. The van der Waals surface area contributed by atoms with Gasteiger partial charge < -0.3 is 5.73 Å². The van der Waals surface area contributed by atoms with E-state index in [9.17, 15) is 0 Å². The van der Waals surface area contributed by atoms with Crippen LogP contribution in [0.15, 0.2) is 12.3 Å². The number of hydrogen-bond donors (Lipinski definition) is 1. The quantitative estimate of drug-likeness (QED) is 0.774. The van der Waals surface area contributed by atoms with Gasteiger partial charge in [-0.15, -0.1) is 0 Å². The summed E-state index contributed by atoms with van der Waals surface area (Å²) in [4.78, 5) is 0. The van der Waals surface area contributed by atoms with E-state index in [1.807, 2.05) is 16.9 Å². The summed E-state index contributed by atoms with van der Waals surface area (Å²) in [5.74, 6) is 0.606. The number of aryl methyl sites for hydroxylation is 1. The molecule has 0 radical (unpaired) electrons. The van der Waals surface area contributed by atoms with Crippen molar-refractivity contribution in [3.8, 4) is 0 Å². The van der Waals surface area contributed by atoms with Crippen LogP contribution in [0.3, 0.4) is 0 Å². The van der Waals surface area contributed by atoms with Gasteiger partial charge in [-0.2, -0.15) is 5.10 Å². The Labute approximate surface area is 79.9 Å². The first-order valence-electron chi connectivity index (χ1n) is 4.82. The van der Waals surface area contributed by atoms with Gasteiger partial charge in [-0.3, -0.25) is 4.68 Å². The van der Waals surface area contributed by atoms with Crippen LogP contribution in [-0.4, -0.2) is 9.78 Å². The van der Waals surface area contributed by atoms with Gasteiger partial charge in [0.25, 0.3) is 0 Å². The summed E-state index contributed by atoms with van der Waals surface area (Å²) >= 11 is 0. The van der Waals surface area contributed by atoms with E-state index in [0.717, 1.165) is 13.0 Å². The van der Waals surface area contributed by atoms with Crippen LogP contribution in [-0.2, 0) is 6.54 Å². The summed E-state index contributed by atoms with van der Waals surface area (Å²) in [6, 6.07) is 1.83. The SMILES string of the molecule is CCC(C)(C)CCn1ccc(N)n1. The van der Waals surface area contributed by atoms with E-state index < -0.39 is 0 Å². The second-order valence-corrected chi connectivity index (χ2v) is 4.27. The second-order valence-electron chi connectivity index (χ2n) is 4.27. The molecule has 0 aromatic carbocycles. The van der Waals surface area contributed by atoms with Crippen LogP contribution in [0.1, 0.15) is 33.6 Å². The zero-order valence-electron chi connectivity index (χ0n) is 8.75. The van der Waals surface area contributed by atoms with Crippen molar-refractivity contribution >= 4 is 5.82 Å². The van der Waals surface area contributed by atoms with Crippen molar-refractivity contribution in [1.29, 1.82) is 0 Å². The van der Waals surface area contributed by atoms with E-state index in [4.69, 9.17) is 5.73 Å².